The number of nitrogens with zero attached hydrogens (tertiary/aromatic N) is 3. The lowest BCUT2D eigenvalue weighted by atomic mass is 9.98. The highest BCUT2D eigenvalue weighted by Crippen LogP contribution is 2.32. The van der Waals surface area contributed by atoms with Gasteiger partial charge in [-0.05, 0) is 19.9 Å². The van der Waals surface area contributed by atoms with Crippen molar-refractivity contribution in [3.8, 4) is 6.07 Å². The van der Waals surface area contributed by atoms with Crippen molar-refractivity contribution < 1.29 is 9.59 Å². The summed E-state index contributed by atoms with van der Waals surface area (Å²) in [5.74, 6) is -0.595. The molecule has 98 valence electrons. The number of carbonyl (C=O) groups is 2. The molecule has 0 radical (unpaired) electrons. The Hall–Kier alpha value is -2.13. The predicted octanol–water partition coefficient (Wildman–Crippen LogP) is 0.848. The van der Waals surface area contributed by atoms with Crippen molar-refractivity contribution >= 4 is 29.2 Å². The molecule has 0 aromatic carbocycles. The Morgan fingerprint density at radius 2 is 2.21 bits per heavy atom. The maximum Gasteiger partial charge on any atom is 0.251 e. The second-order valence-electron chi connectivity index (χ2n) is 4.63. The van der Waals surface area contributed by atoms with Gasteiger partial charge in [0.15, 0.2) is 0 Å². The number of piperazine rings is 1. The fourth-order valence-corrected chi connectivity index (χ4v) is 2.09. The third-order valence-corrected chi connectivity index (χ3v) is 3.40. The normalized spacial score (nSPS) is 17.9. The number of hydrogen-bond acceptors (Lipinski definition) is 5. The van der Waals surface area contributed by atoms with E-state index in [9.17, 15) is 9.59 Å². The van der Waals surface area contributed by atoms with Gasteiger partial charge in [-0.1, -0.05) is 11.6 Å². The highest BCUT2D eigenvalue weighted by molar-refractivity contribution is 6.34. The van der Waals surface area contributed by atoms with Crippen LogP contribution in [0, 0.1) is 11.3 Å². The van der Waals surface area contributed by atoms with Gasteiger partial charge in [-0.2, -0.15) is 5.26 Å². The van der Waals surface area contributed by atoms with E-state index in [1.165, 1.54) is 17.2 Å². The Kier molecular flexibility index (Phi) is 3.16. The summed E-state index contributed by atoms with van der Waals surface area (Å²) in [6.45, 7) is 3.28. The summed E-state index contributed by atoms with van der Waals surface area (Å²) in [7, 11) is 0. The zero-order valence-electron chi connectivity index (χ0n) is 10.4. The van der Waals surface area contributed by atoms with E-state index in [0.29, 0.717) is 0 Å². The number of nitrogens with one attached hydrogen (secondary N) is 1. The van der Waals surface area contributed by atoms with Crippen molar-refractivity contribution in [2.75, 3.05) is 11.4 Å². The van der Waals surface area contributed by atoms with Crippen molar-refractivity contribution in [1.29, 1.82) is 5.26 Å². The molecule has 1 aliphatic heterocycles. The van der Waals surface area contributed by atoms with Gasteiger partial charge < -0.3 is 4.90 Å². The standard InChI is InChI=1S/C12H11ClN4O2/c1-12(2)11(19)16-8(18)6-17(12)10-9(13)7(5-14)3-4-15-10/h3-4H,6H2,1-2H3,(H,16,18,19). The summed E-state index contributed by atoms with van der Waals surface area (Å²) in [5.41, 5.74) is -0.723. The maximum absolute atomic E-state index is 11.9. The van der Waals surface area contributed by atoms with Gasteiger partial charge in [-0.25, -0.2) is 4.98 Å². The highest BCUT2D eigenvalue weighted by Gasteiger charge is 2.42. The Balaban J connectivity index is 2.54. The number of carbonyl (C=O) groups excluding carboxylic acids is 2. The van der Waals surface area contributed by atoms with Crippen LogP contribution in [0.3, 0.4) is 0 Å². The van der Waals surface area contributed by atoms with Crippen LogP contribution < -0.4 is 10.2 Å². The maximum atomic E-state index is 11.9. The molecule has 0 unspecified atom stereocenters. The lowest BCUT2D eigenvalue weighted by molar-refractivity contribution is -0.135. The van der Waals surface area contributed by atoms with E-state index in [1.54, 1.807) is 13.8 Å². The Morgan fingerprint density at radius 3 is 2.84 bits per heavy atom. The van der Waals surface area contributed by atoms with E-state index in [1.807, 2.05) is 6.07 Å². The van der Waals surface area contributed by atoms with Gasteiger partial charge in [0.05, 0.1) is 12.1 Å². The van der Waals surface area contributed by atoms with Crippen LogP contribution in [0.1, 0.15) is 19.4 Å². The third kappa shape index (κ3) is 2.13. The van der Waals surface area contributed by atoms with Crippen molar-refractivity contribution in [1.82, 2.24) is 10.3 Å². The molecule has 0 bridgehead atoms. The quantitative estimate of drug-likeness (QED) is 0.770. The lowest BCUT2D eigenvalue weighted by Gasteiger charge is -2.41. The molecule has 2 rings (SSSR count). The third-order valence-electron chi connectivity index (χ3n) is 3.03. The molecule has 0 spiro atoms. The molecule has 0 atom stereocenters. The second kappa shape index (κ2) is 4.52. The van der Waals surface area contributed by atoms with Crippen LogP contribution in [0.4, 0.5) is 5.82 Å². The van der Waals surface area contributed by atoms with Gasteiger partial charge in [0.25, 0.3) is 5.91 Å². The van der Waals surface area contributed by atoms with E-state index in [4.69, 9.17) is 16.9 Å². The van der Waals surface area contributed by atoms with Gasteiger partial charge in [0, 0.05) is 6.20 Å². The van der Waals surface area contributed by atoms with E-state index < -0.39 is 17.4 Å². The highest BCUT2D eigenvalue weighted by atomic mass is 35.5. The molecule has 1 aliphatic rings. The first-order valence-corrected chi connectivity index (χ1v) is 5.92. The second-order valence-corrected chi connectivity index (χ2v) is 5.01. The van der Waals surface area contributed by atoms with Crippen molar-refractivity contribution in [2.45, 2.75) is 19.4 Å². The lowest BCUT2D eigenvalue weighted by Crippen LogP contribution is -2.64. The summed E-state index contributed by atoms with van der Waals surface area (Å²) in [5, 5.41) is 11.3. The van der Waals surface area contributed by atoms with Crippen LogP contribution in [0.5, 0.6) is 0 Å². The molecule has 19 heavy (non-hydrogen) atoms. The zero-order valence-corrected chi connectivity index (χ0v) is 11.2. The molecule has 2 heterocycles. The molecule has 1 N–H and O–H groups in total. The topological polar surface area (TPSA) is 86.1 Å². The fraction of sp³-hybridized carbons (Fsp3) is 0.333. The van der Waals surface area contributed by atoms with Gasteiger partial charge >= 0.3 is 0 Å². The first kappa shape index (κ1) is 13.3. The van der Waals surface area contributed by atoms with Gasteiger partial charge in [-0.3, -0.25) is 14.9 Å². The molecule has 1 aromatic heterocycles. The summed E-state index contributed by atoms with van der Waals surface area (Å²) in [6.07, 6.45) is 1.42. The first-order chi connectivity index (χ1) is 8.87. The van der Waals surface area contributed by atoms with Crippen LogP contribution in [0.15, 0.2) is 12.3 Å². The van der Waals surface area contributed by atoms with Crippen LogP contribution in [0.2, 0.25) is 5.02 Å². The minimum atomic E-state index is -0.974. The summed E-state index contributed by atoms with van der Waals surface area (Å²) < 4.78 is 0. The van der Waals surface area contributed by atoms with Crippen molar-refractivity contribution in [3.05, 3.63) is 22.8 Å². The molecule has 1 fully saturated rings. The summed E-state index contributed by atoms with van der Waals surface area (Å²) in [4.78, 5) is 29.0. The van der Waals surface area contributed by atoms with E-state index in [2.05, 4.69) is 10.3 Å². The minimum absolute atomic E-state index is 0.0413. The van der Waals surface area contributed by atoms with Crippen LogP contribution in [-0.4, -0.2) is 28.9 Å². The first-order valence-electron chi connectivity index (χ1n) is 5.54. The minimum Gasteiger partial charge on any atom is -0.332 e. The molecular formula is C12H11ClN4O2. The monoisotopic (exact) mass is 278 g/mol. The van der Waals surface area contributed by atoms with Crippen LogP contribution in [0.25, 0.3) is 0 Å². The molecule has 2 amide bonds. The Bertz CT molecular complexity index is 606. The van der Waals surface area contributed by atoms with Crippen molar-refractivity contribution in [3.63, 3.8) is 0 Å². The summed E-state index contributed by atoms with van der Waals surface area (Å²) in [6, 6.07) is 3.42. The van der Waals surface area contributed by atoms with Crippen LogP contribution >= 0.6 is 11.6 Å². The Labute approximate surface area is 115 Å². The van der Waals surface area contributed by atoms with E-state index in [-0.39, 0.29) is 22.9 Å². The largest absolute Gasteiger partial charge is 0.332 e. The zero-order chi connectivity index (χ0) is 14.2. The number of nitriles is 1. The SMILES string of the molecule is CC1(C)C(=O)NC(=O)CN1c1nccc(C#N)c1Cl. The number of pyridine rings is 1. The number of aromatic nitrogens is 1. The molecule has 1 saturated heterocycles. The molecule has 0 saturated carbocycles. The molecule has 7 heteroatoms. The Morgan fingerprint density at radius 1 is 1.53 bits per heavy atom. The smallest absolute Gasteiger partial charge is 0.251 e. The predicted molar refractivity (Wildman–Crippen MR) is 68.5 cm³/mol. The van der Waals surface area contributed by atoms with Gasteiger partial charge in [0.1, 0.15) is 22.4 Å². The fourth-order valence-electron chi connectivity index (χ4n) is 1.83. The number of anilines is 1. The molecule has 1 aromatic rings. The van der Waals surface area contributed by atoms with E-state index >= 15 is 0 Å². The number of amides is 2. The van der Waals surface area contributed by atoms with Gasteiger partial charge in [-0.15, -0.1) is 0 Å². The average molecular weight is 279 g/mol. The van der Waals surface area contributed by atoms with Gasteiger partial charge in [0.2, 0.25) is 5.91 Å². The molecule has 6 nitrogen and oxygen atoms in total. The van der Waals surface area contributed by atoms with Crippen LogP contribution in [-0.2, 0) is 9.59 Å². The van der Waals surface area contributed by atoms with Crippen molar-refractivity contribution in [2.24, 2.45) is 0 Å². The number of rotatable bonds is 1. The number of hydrogen-bond donors (Lipinski definition) is 1. The average Bonchev–Trinajstić information content (AvgIpc) is 2.35. The summed E-state index contributed by atoms with van der Waals surface area (Å²) >= 11 is 6.10. The number of halogens is 1. The molecule has 0 aliphatic carbocycles. The molecular weight excluding hydrogens is 268 g/mol. The number of imide groups is 1. The van der Waals surface area contributed by atoms with E-state index in [0.717, 1.165) is 0 Å².